The molecule has 3 aliphatic heterocycles. The van der Waals surface area contributed by atoms with Gasteiger partial charge in [-0.15, -0.1) is 11.8 Å². The number of thioether (sulfide) groups is 1. The lowest BCUT2D eigenvalue weighted by Crippen LogP contribution is -2.68. The van der Waals surface area contributed by atoms with E-state index in [0.29, 0.717) is 46.9 Å². The number of carbonyl (C=O) groups excluding carboxylic acids is 2. The van der Waals surface area contributed by atoms with Crippen LogP contribution in [-0.2, 0) is 14.4 Å². The van der Waals surface area contributed by atoms with Gasteiger partial charge in [0, 0.05) is 41.3 Å². The summed E-state index contributed by atoms with van der Waals surface area (Å²) in [5, 5.41) is 12.2. The van der Waals surface area contributed by atoms with Gasteiger partial charge in [-0.1, -0.05) is 0 Å². The number of allylic oxidation sites excluding steroid dienone is 1. The second-order valence-corrected chi connectivity index (χ2v) is 7.62. The zero-order chi connectivity index (χ0) is 20.0. The first-order chi connectivity index (χ1) is 13.4. The van der Waals surface area contributed by atoms with Crippen LogP contribution in [0.4, 0.5) is 0 Å². The van der Waals surface area contributed by atoms with Crippen LogP contribution in [0.5, 0.6) is 5.88 Å². The molecule has 4 heterocycles. The van der Waals surface area contributed by atoms with E-state index < -0.39 is 23.3 Å². The van der Waals surface area contributed by atoms with Crippen LogP contribution in [0.3, 0.4) is 0 Å². The summed E-state index contributed by atoms with van der Waals surface area (Å²) >= 11 is 1.39. The first-order valence-corrected chi connectivity index (χ1v) is 9.67. The number of pyridine rings is 1. The summed E-state index contributed by atoms with van der Waals surface area (Å²) in [5.41, 5.74) is 7.71. The summed E-state index contributed by atoms with van der Waals surface area (Å²) in [6.45, 7) is 0.472. The Morgan fingerprint density at radius 2 is 2.21 bits per heavy atom. The molecule has 1 aromatic heterocycles. The van der Waals surface area contributed by atoms with Crippen LogP contribution in [0.25, 0.3) is 5.57 Å². The number of hydrogen-bond acceptors (Lipinski definition) is 7. The molecule has 0 radical (unpaired) electrons. The third kappa shape index (κ3) is 2.76. The molecule has 10 heteroatoms. The number of carboxylic acids is 1. The lowest BCUT2D eigenvalue weighted by molar-refractivity contribution is -0.147. The highest BCUT2D eigenvalue weighted by molar-refractivity contribution is 8.00. The predicted molar refractivity (Wildman–Crippen MR) is 101 cm³/mol. The molecule has 28 heavy (non-hydrogen) atoms. The molecule has 2 atom stereocenters. The summed E-state index contributed by atoms with van der Waals surface area (Å²) in [4.78, 5) is 42.2. The third-order valence-electron chi connectivity index (χ3n) is 4.98. The minimum Gasteiger partial charge on any atom is -0.481 e. The molecule has 4 N–H and O–H groups in total. The van der Waals surface area contributed by atoms with Gasteiger partial charge in [0.15, 0.2) is 0 Å². The number of β-lactam (4-membered cyclic amide) rings is 1. The van der Waals surface area contributed by atoms with E-state index in [1.54, 1.807) is 18.3 Å². The maximum absolute atomic E-state index is 12.4. The fraction of sp³-hybridized carbons (Fsp3) is 0.333. The van der Waals surface area contributed by atoms with Crippen LogP contribution in [-0.4, -0.2) is 63.6 Å². The van der Waals surface area contributed by atoms with Crippen LogP contribution in [0, 0.1) is 0 Å². The Morgan fingerprint density at radius 1 is 1.43 bits per heavy atom. The minimum absolute atomic E-state index is 0.117. The van der Waals surface area contributed by atoms with Gasteiger partial charge in [0.2, 0.25) is 17.7 Å². The molecule has 1 aromatic rings. The Balaban J connectivity index is 1.92. The zero-order valence-electron chi connectivity index (χ0n) is 15.0. The molecule has 0 aliphatic carbocycles. The van der Waals surface area contributed by atoms with E-state index in [-0.39, 0.29) is 11.6 Å². The molecule has 146 valence electrons. The molecule has 2 saturated heterocycles. The van der Waals surface area contributed by atoms with Crippen molar-refractivity contribution in [3.05, 3.63) is 40.7 Å². The molecule has 4 rings (SSSR count). The van der Waals surface area contributed by atoms with E-state index >= 15 is 0 Å². The average Bonchev–Trinajstić information content (AvgIpc) is 3.13. The van der Waals surface area contributed by atoms with Crippen LogP contribution in [0.2, 0.25) is 0 Å². The molecule has 0 spiro atoms. The van der Waals surface area contributed by atoms with Gasteiger partial charge < -0.3 is 20.9 Å². The highest BCUT2D eigenvalue weighted by Gasteiger charge is 2.52. The third-order valence-corrected chi connectivity index (χ3v) is 6.29. The number of aliphatic carboxylic acids is 1. The van der Waals surface area contributed by atoms with Gasteiger partial charge in [-0.25, -0.2) is 9.78 Å². The maximum atomic E-state index is 12.4. The fourth-order valence-electron chi connectivity index (χ4n) is 3.65. The number of rotatable bonds is 4. The van der Waals surface area contributed by atoms with Gasteiger partial charge in [0.1, 0.15) is 17.1 Å². The quantitative estimate of drug-likeness (QED) is 0.471. The number of nitrogens with one attached hydrogen (secondary N) is 1. The topological polar surface area (TPSA) is 135 Å². The molecule has 2 amide bonds. The van der Waals surface area contributed by atoms with Gasteiger partial charge in [-0.05, 0) is 18.1 Å². The van der Waals surface area contributed by atoms with Crippen molar-refractivity contribution < 1.29 is 24.2 Å². The second kappa shape index (κ2) is 6.95. The average molecular weight is 402 g/mol. The molecule has 0 bridgehead atoms. The van der Waals surface area contributed by atoms with Crippen LogP contribution in [0.1, 0.15) is 12.0 Å². The molecule has 2 fully saturated rings. The summed E-state index contributed by atoms with van der Waals surface area (Å²) in [7, 11) is 1.49. The Morgan fingerprint density at radius 3 is 2.79 bits per heavy atom. The molecular weight excluding hydrogens is 384 g/mol. The van der Waals surface area contributed by atoms with Gasteiger partial charge in [0.25, 0.3) is 0 Å². The number of nitrogens with zero attached hydrogens (tertiary/aromatic N) is 2. The van der Waals surface area contributed by atoms with E-state index in [9.17, 15) is 19.5 Å². The van der Waals surface area contributed by atoms with E-state index in [1.165, 1.54) is 23.8 Å². The molecule has 3 aliphatic rings. The number of amides is 2. The van der Waals surface area contributed by atoms with Crippen LogP contribution < -0.4 is 15.8 Å². The number of hydrogen-bond donors (Lipinski definition) is 3. The lowest BCUT2D eigenvalue weighted by Gasteiger charge is -2.48. The van der Waals surface area contributed by atoms with E-state index in [1.807, 2.05) is 0 Å². The highest BCUT2D eigenvalue weighted by atomic mass is 32.2. The number of carboxylic acid groups (broad SMARTS) is 1. The summed E-state index contributed by atoms with van der Waals surface area (Å²) in [6, 6.07) is 2.66. The van der Waals surface area contributed by atoms with Gasteiger partial charge >= 0.3 is 5.97 Å². The van der Waals surface area contributed by atoms with Gasteiger partial charge in [-0.2, -0.15) is 0 Å². The number of methoxy groups -OCH3 is 1. The fourth-order valence-corrected chi connectivity index (χ4v) is 4.95. The molecule has 9 nitrogen and oxygen atoms in total. The van der Waals surface area contributed by atoms with E-state index in [2.05, 4.69) is 10.3 Å². The Labute approximate surface area is 164 Å². The van der Waals surface area contributed by atoms with Crippen molar-refractivity contribution in [1.82, 2.24) is 15.2 Å². The van der Waals surface area contributed by atoms with Gasteiger partial charge in [-0.3, -0.25) is 14.5 Å². The highest BCUT2D eigenvalue weighted by Crippen LogP contribution is 2.44. The van der Waals surface area contributed by atoms with Crippen molar-refractivity contribution in [2.45, 2.75) is 17.8 Å². The zero-order valence-corrected chi connectivity index (χ0v) is 15.8. The number of carbonyl (C=O) groups is 3. The van der Waals surface area contributed by atoms with Crippen LogP contribution in [0.15, 0.2) is 35.2 Å². The molecule has 0 unspecified atom stereocenters. The van der Waals surface area contributed by atoms with Crippen molar-refractivity contribution in [2.75, 3.05) is 19.4 Å². The maximum Gasteiger partial charge on any atom is 0.352 e. The van der Waals surface area contributed by atoms with E-state index in [4.69, 9.17) is 10.5 Å². The largest absolute Gasteiger partial charge is 0.481 e. The van der Waals surface area contributed by atoms with Crippen molar-refractivity contribution in [3.63, 3.8) is 0 Å². The second-order valence-electron chi connectivity index (χ2n) is 6.52. The molecular formula is C18H18N4O5S. The number of ether oxygens (including phenoxy) is 1. The number of nitrogens with two attached hydrogens (primary N) is 1. The lowest BCUT2D eigenvalue weighted by atomic mass is 9.90. The van der Waals surface area contributed by atoms with Crippen molar-refractivity contribution in [1.29, 1.82) is 0 Å². The molecule has 0 saturated carbocycles. The normalized spacial score (nSPS) is 25.9. The first kappa shape index (κ1) is 18.5. The molecule has 0 aromatic carbocycles. The smallest absolute Gasteiger partial charge is 0.352 e. The summed E-state index contributed by atoms with van der Waals surface area (Å²) < 4.78 is 5.08. The number of fused-ring (bicyclic) bond motifs is 1. The van der Waals surface area contributed by atoms with Crippen molar-refractivity contribution >= 4 is 35.1 Å². The Bertz CT molecular complexity index is 940. The Kier molecular flexibility index (Phi) is 4.60. The van der Waals surface area contributed by atoms with E-state index in [0.717, 1.165) is 0 Å². The SMILES string of the molecule is COc1ccc(C(=C2CCNC2=O)C2=C(C(=O)O)N3C(=O)[C@@H](N)[C@H]3SC2)cn1. The number of aromatic nitrogens is 1. The Hall–Kier alpha value is -2.85. The summed E-state index contributed by atoms with van der Waals surface area (Å²) in [6.07, 6.45) is 2.00. The van der Waals surface area contributed by atoms with Crippen molar-refractivity contribution in [2.24, 2.45) is 5.73 Å². The monoisotopic (exact) mass is 402 g/mol. The van der Waals surface area contributed by atoms with Gasteiger partial charge in [0.05, 0.1) is 7.11 Å². The minimum atomic E-state index is -1.22. The summed E-state index contributed by atoms with van der Waals surface area (Å²) in [5.74, 6) is -1.18. The standard InChI is InChI=1S/C18H18N4O5S/c1-27-11-3-2-8(6-21-11)12(9-4-5-20-15(9)23)10-7-28-17-13(19)16(24)22(17)14(10)18(25)26/h2-3,6,13,17H,4-5,7,19H2,1H3,(H,20,23)(H,25,26)/t13-,17-/m1/s1. The predicted octanol–water partition coefficient (Wildman–Crippen LogP) is -0.0552. The van der Waals surface area contributed by atoms with Crippen molar-refractivity contribution in [3.8, 4) is 5.88 Å². The van der Waals surface area contributed by atoms with Crippen LogP contribution >= 0.6 is 11.8 Å². The first-order valence-electron chi connectivity index (χ1n) is 8.63.